The van der Waals surface area contributed by atoms with Crippen LogP contribution in [0.15, 0.2) is 29.3 Å². The molecular formula is C22H37N5O. The SMILES string of the molecule is CCC(C)C(=O)Nc1cccc(CNC(=NC)NC2CN(C(C)C)CC2C)c1. The molecule has 156 valence electrons. The van der Waals surface area contributed by atoms with Gasteiger partial charge in [-0.3, -0.25) is 14.7 Å². The average molecular weight is 388 g/mol. The molecule has 1 saturated heterocycles. The van der Waals surface area contributed by atoms with E-state index < -0.39 is 0 Å². The average Bonchev–Trinajstić information content (AvgIpc) is 3.05. The molecule has 1 aliphatic rings. The molecule has 0 aromatic heterocycles. The normalized spacial score (nSPS) is 21.6. The number of nitrogens with zero attached hydrogens (tertiary/aromatic N) is 2. The first kappa shape index (κ1) is 22.2. The van der Waals surface area contributed by atoms with E-state index in [-0.39, 0.29) is 11.8 Å². The number of amides is 1. The maximum Gasteiger partial charge on any atom is 0.227 e. The van der Waals surface area contributed by atoms with Crippen molar-refractivity contribution in [1.29, 1.82) is 0 Å². The zero-order valence-corrected chi connectivity index (χ0v) is 18.2. The monoisotopic (exact) mass is 387 g/mol. The lowest BCUT2D eigenvalue weighted by Crippen LogP contribution is -2.46. The molecule has 3 unspecified atom stereocenters. The molecule has 28 heavy (non-hydrogen) atoms. The summed E-state index contributed by atoms with van der Waals surface area (Å²) in [5.41, 5.74) is 1.94. The minimum atomic E-state index is 0.0172. The quantitative estimate of drug-likeness (QED) is 0.497. The van der Waals surface area contributed by atoms with E-state index in [1.54, 1.807) is 7.05 Å². The predicted molar refractivity (Wildman–Crippen MR) is 118 cm³/mol. The number of hydrogen-bond donors (Lipinski definition) is 3. The third kappa shape index (κ3) is 6.23. The van der Waals surface area contributed by atoms with Gasteiger partial charge in [0, 0.05) is 50.4 Å². The summed E-state index contributed by atoms with van der Waals surface area (Å²) in [5, 5.41) is 9.96. The van der Waals surface area contributed by atoms with Gasteiger partial charge in [0.1, 0.15) is 0 Å². The summed E-state index contributed by atoms with van der Waals surface area (Å²) in [6.45, 7) is 13.6. The van der Waals surface area contributed by atoms with Crippen LogP contribution in [0.1, 0.15) is 46.6 Å². The van der Waals surface area contributed by atoms with E-state index in [1.807, 2.05) is 32.0 Å². The van der Waals surface area contributed by atoms with Gasteiger partial charge >= 0.3 is 0 Å². The minimum absolute atomic E-state index is 0.0172. The molecule has 1 amide bonds. The van der Waals surface area contributed by atoms with Gasteiger partial charge in [0.25, 0.3) is 0 Å². The molecule has 6 heteroatoms. The standard InChI is InChI=1S/C22H37N5O/c1-7-16(4)21(28)25-19-10-8-9-18(11-19)12-24-22(23-6)26-20-14-27(15(2)3)13-17(20)5/h8-11,15-17,20H,7,12-14H2,1-6H3,(H,25,28)(H2,23,24,26). The second-order valence-corrected chi connectivity index (χ2v) is 8.20. The number of guanidine groups is 1. The van der Waals surface area contributed by atoms with Crippen molar-refractivity contribution in [2.24, 2.45) is 16.8 Å². The molecule has 6 nitrogen and oxygen atoms in total. The summed E-state index contributed by atoms with van der Waals surface area (Å²) >= 11 is 0. The first-order chi connectivity index (χ1) is 13.3. The van der Waals surface area contributed by atoms with Crippen LogP contribution in [-0.2, 0) is 11.3 Å². The highest BCUT2D eigenvalue weighted by atomic mass is 16.1. The number of rotatable bonds is 7. The maximum absolute atomic E-state index is 12.1. The molecule has 0 saturated carbocycles. The number of likely N-dealkylation sites (tertiary alicyclic amines) is 1. The molecule has 1 heterocycles. The second-order valence-electron chi connectivity index (χ2n) is 8.20. The van der Waals surface area contributed by atoms with E-state index in [4.69, 9.17) is 0 Å². The molecule has 2 rings (SSSR count). The predicted octanol–water partition coefficient (Wildman–Crippen LogP) is 3.06. The Hall–Kier alpha value is -2.08. The van der Waals surface area contributed by atoms with Crippen molar-refractivity contribution in [2.75, 3.05) is 25.5 Å². The fourth-order valence-corrected chi connectivity index (χ4v) is 3.38. The van der Waals surface area contributed by atoms with Gasteiger partial charge in [-0.2, -0.15) is 0 Å². The highest BCUT2D eigenvalue weighted by molar-refractivity contribution is 5.92. The Bertz CT molecular complexity index is 673. The van der Waals surface area contributed by atoms with Gasteiger partial charge < -0.3 is 16.0 Å². The summed E-state index contributed by atoms with van der Waals surface area (Å²) in [7, 11) is 1.80. The fraction of sp³-hybridized carbons (Fsp3) is 0.636. The third-order valence-electron chi connectivity index (χ3n) is 5.63. The van der Waals surface area contributed by atoms with E-state index in [0.717, 1.165) is 36.7 Å². The molecule has 0 spiro atoms. The highest BCUT2D eigenvalue weighted by Crippen LogP contribution is 2.18. The van der Waals surface area contributed by atoms with Crippen molar-refractivity contribution in [2.45, 2.75) is 59.7 Å². The Labute approximate surface area is 170 Å². The van der Waals surface area contributed by atoms with Crippen molar-refractivity contribution in [1.82, 2.24) is 15.5 Å². The summed E-state index contributed by atoms with van der Waals surface area (Å²) < 4.78 is 0. The Morgan fingerprint density at radius 2 is 2.04 bits per heavy atom. The highest BCUT2D eigenvalue weighted by Gasteiger charge is 2.31. The van der Waals surface area contributed by atoms with Crippen LogP contribution in [0.25, 0.3) is 0 Å². The Morgan fingerprint density at radius 1 is 1.29 bits per heavy atom. The first-order valence-corrected chi connectivity index (χ1v) is 10.4. The summed E-state index contributed by atoms with van der Waals surface area (Å²) in [5.74, 6) is 1.48. The Kier molecular flexibility index (Phi) is 8.30. The first-order valence-electron chi connectivity index (χ1n) is 10.4. The molecule has 3 atom stereocenters. The van der Waals surface area contributed by atoms with Crippen LogP contribution in [0.4, 0.5) is 5.69 Å². The van der Waals surface area contributed by atoms with Gasteiger partial charge in [-0.1, -0.05) is 32.9 Å². The van der Waals surface area contributed by atoms with Gasteiger partial charge in [0.05, 0.1) is 0 Å². The Balaban J connectivity index is 1.90. The van der Waals surface area contributed by atoms with Crippen molar-refractivity contribution in [3.8, 4) is 0 Å². The summed E-state index contributed by atoms with van der Waals surface area (Å²) in [6.07, 6.45) is 0.836. The van der Waals surface area contributed by atoms with Crippen LogP contribution in [0.3, 0.4) is 0 Å². The van der Waals surface area contributed by atoms with Gasteiger partial charge in [-0.25, -0.2) is 0 Å². The van der Waals surface area contributed by atoms with Crippen molar-refractivity contribution >= 4 is 17.6 Å². The third-order valence-corrected chi connectivity index (χ3v) is 5.63. The van der Waals surface area contributed by atoms with Gasteiger partial charge in [0.2, 0.25) is 5.91 Å². The number of hydrogen-bond acceptors (Lipinski definition) is 3. The maximum atomic E-state index is 12.1. The zero-order chi connectivity index (χ0) is 20.7. The molecule has 0 aliphatic carbocycles. The molecular weight excluding hydrogens is 350 g/mol. The number of aliphatic imine (C=N–C) groups is 1. The number of anilines is 1. The molecule has 0 bridgehead atoms. The summed E-state index contributed by atoms with van der Waals surface area (Å²) in [6, 6.07) is 8.93. The number of nitrogens with one attached hydrogen (secondary N) is 3. The molecule has 1 fully saturated rings. The number of carbonyl (C=O) groups excluding carboxylic acids is 1. The lowest BCUT2D eigenvalue weighted by Gasteiger charge is -2.22. The molecule has 3 N–H and O–H groups in total. The Morgan fingerprint density at radius 3 is 2.64 bits per heavy atom. The second kappa shape index (κ2) is 10.5. The summed E-state index contributed by atoms with van der Waals surface area (Å²) in [4.78, 5) is 19.0. The van der Waals surface area contributed by atoms with E-state index >= 15 is 0 Å². The van der Waals surface area contributed by atoms with E-state index in [0.29, 0.717) is 24.5 Å². The fourth-order valence-electron chi connectivity index (χ4n) is 3.38. The van der Waals surface area contributed by atoms with Crippen LogP contribution >= 0.6 is 0 Å². The van der Waals surface area contributed by atoms with E-state index in [9.17, 15) is 4.79 Å². The van der Waals surface area contributed by atoms with Gasteiger partial charge in [-0.15, -0.1) is 0 Å². The molecule has 0 radical (unpaired) electrons. The zero-order valence-electron chi connectivity index (χ0n) is 18.2. The minimum Gasteiger partial charge on any atom is -0.352 e. The van der Waals surface area contributed by atoms with Crippen molar-refractivity contribution < 1.29 is 4.79 Å². The smallest absolute Gasteiger partial charge is 0.227 e. The van der Waals surface area contributed by atoms with Crippen LogP contribution in [0.2, 0.25) is 0 Å². The molecule has 1 aromatic rings. The molecule has 1 aromatic carbocycles. The van der Waals surface area contributed by atoms with Crippen molar-refractivity contribution in [3.63, 3.8) is 0 Å². The van der Waals surface area contributed by atoms with E-state index in [1.165, 1.54) is 0 Å². The molecule has 1 aliphatic heterocycles. The van der Waals surface area contributed by atoms with Crippen LogP contribution in [0.5, 0.6) is 0 Å². The van der Waals surface area contributed by atoms with Crippen LogP contribution in [0, 0.1) is 11.8 Å². The van der Waals surface area contributed by atoms with Crippen LogP contribution in [-0.4, -0.2) is 49.0 Å². The topological polar surface area (TPSA) is 68.8 Å². The van der Waals surface area contributed by atoms with Gasteiger partial charge in [-0.05, 0) is 43.9 Å². The lowest BCUT2D eigenvalue weighted by atomic mass is 10.1. The number of benzene rings is 1. The largest absolute Gasteiger partial charge is 0.352 e. The lowest BCUT2D eigenvalue weighted by molar-refractivity contribution is -0.119. The van der Waals surface area contributed by atoms with Crippen molar-refractivity contribution in [3.05, 3.63) is 29.8 Å². The number of carbonyl (C=O) groups is 1. The van der Waals surface area contributed by atoms with Gasteiger partial charge in [0.15, 0.2) is 5.96 Å². The van der Waals surface area contributed by atoms with E-state index in [2.05, 4.69) is 52.7 Å². The van der Waals surface area contributed by atoms with Crippen LogP contribution < -0.4 is 16.0 Å².